The lowest BCUT2D eigenvalue weighted by atomic mass is 10.1. The number of aliphatic imine (C=N–C) groups is 1. The molecule has 2 heterocycles. The highest BCUT2D eigenvalue weighted by Crippen LogP contribution is 2.14. The van der Waals surface area contributed by atoms with Crippen LogP contribution >= 0.6 is 0 Å². The molecular weight excluding hydrogens is 352 g/mol. The van der Waals surface area contributed by atoms with Crippen LogP contribution in [0.4, 0.5) is 0 Å². The molecule has 6 nitrogen and oxygen atoms in total. The Kier molecular flexibility index (Phi) is 7.51. The molecule has 2 aromatic rings. The number of nitrogens with one attached hydrogen (secondary N) is 1. The van der Waals surface area contributed by atoms with Gasteiger partial charge in [0.15, 0.2) is 5.96 Å². The van der Waals surface area contributed by atoms with Crippen molar-refractivity contribution in [2.45, 2.75) is 38.6 Å². The lowest BCUT2D eigenvalue weighted by Gasteiger charge is -2.23. The molecule has 0 saturated carbocycles. The first kappa shape index (κ1) is 20.4. The van der Waals surface area contributed by atoms with E-state index in [0.29, 0.717) is 12.7 Å². The van der Waals surface area contributed by atoms with Crippen LogP contribution in [-0.4, -0.2) is 48.8 Å². The molecule has 1 aromatic heterocycles. The third kappa shape index (κ3) is 5.84. The van der Waals surface area contributed by atoms with Crippen LogP contribution in [0.3, 0.4) is 0 Å². The Morgan fingerprint density at radius 3 is 2.75 bits per heavy atom. The average molecular weight is 385 g/mol. The number of aryl methyl sites for hydroxylation is 1. The molecule has 0 atom stereocenters. The molecule has 0 radical (unpaired) electrons. The van der Waals surface area contributed by atoms with E-state index in [9.17, 15) is 0 Å². The number of benzene rings is 1. The van der Waals surface area contributed by atoms with E-state index in [2.05, 4.69) is 76.5 Å². The quantitative estimate of drug-likeness (QED) is 0.589. The number of guanidine groups is 1. The van der Waals surface area contributed by atoms with E-state index in [1.165, 1.54) is 16.8 Å². The molecule has 0 aliphatic carbocycles. The maximum Gasteiger partial charge on any atom is 0.194 e. The lowest BCUT2D eigenvalue weighted by Crippen LogP contribution is -2.38. The molecule has 0 unspecified atom stereocenters. The third-order valence-electron chi connectivity index (χ3n) is 5.12. The summed E-state index contributed by atoms with van der Waals surface area (Å²) in [7, 11) is 5.94. The number of rotatable bonds is 7. The smallest absolute Gasteiger partial charge is 0.194 e. The maximum atomic E-state index is 6.04. The van der Waals surface area contributed by atoms with E-state index in [-0.39, 0.29) is 0 Å². The summed E-state index contributed by atoms with van der Waals surface area (Å²) in [5.74, 6) is 0.880. The number of hydrogen-bond donors (Lipinski definition) is 1. The van der Waals surface area contributed by atoms with Gasteiger partial charge in [-0.25, -0.2) is 0 Å². The number of hydrogen-bond acceptors (Lipinski definition) is 3. The molecule has 1 saturated heterocycles. The van der Waals surface area contributed by atoms with E-state index in [1.807, 2.05) is 7.05 Å². The van der Waals surface area contributed by atoms with Gasteiger partial charge in [-0.05, 0) is 36.1 Å². The minimum absolute atomic E-state index is 0.320. The van der Waals surface area contributed by atoms with E-state index >= 15 is 0 Å². The first-order valence-electron chi connectivity index (χ1n) is 9.95. The van der Waals surface area contributed by atoms with Gasteiger partial charge in [-0.3, -0.25) is 4.99 Å². The van der Waals surface area contributed by atoms with Gasteiger partial charge in [0.05, 0.1) is 19.3 Å². The highest BCUT2D eigenvalue weighted by atomic mass is 16.5. The zero-order valence-electron chi connectivity index (χ0n) is 17.2. The van der Waals surface area contributed by atoms with Gasteiger partial charge in [0, 0.05) is 52.8 Å². The second-order valence-corrected chi connectivity index (χ2v) is 7.31. The maximum absolute atomic E-state index is 6.04. The van der Waals surface area contributed by atoms with Crippen LogP contribution in [0.2, 0.25) is 0 Å². The van der Waals surface area contributed by atoms with Gasteiger partial charge in [-0.1, -0.05) is 24.3 Å². The Balaban J connectivity index is 1.50. The Morgan fingerprint density at radius 1 is 1.25 bits per heavy atom. The van der Waals surface area contributed by atoms with Gasteiger partial charge in [-0.15, -0.1) is 0 Å². The Labute approximate surface area is 168 Å². The van der Waals surface area contributed by atoms with Crippen LogP contribution in [0.1, 0.15) is 29.7 Å². The molecule has 6 heteroatoms. The normalized spacial score (nSPS) is 15.6. The van der Waals surface area contributed by atoms with Crippen molar-refractivity contribution in [3.05, 3.63) is 59.4 Å². The molecule has 152 valence electrons. The Morgan fingerprint density at radius 2 is 2.04 bits per heavy atom. The van der Waals surface area contributed by atoms with Crippen LogP contribution in [0.25, 0.3) is 0 Å². The van der Waals surface area contributed by atoms with Gasteiger partial charge in [0.1, 0.15) is 0 Å². The average Bonchev–Trinajstić information content (AvgIpc) is 3.12. The molecule has 1 aliphatic heterocycles. The fourth-order valence-electron chi connectivity index (χ4n) is 3.43. The van der Waals surface area contributed by atoms with Crippen molar-refractivity contribution < 1.29 is 9.47 Å². The standard InChI is InChI=1S/C22H32N4O2/c1-23-22(26(3)16-20-8-5-11-25(20)2)24-15-18-6-4-7-19(14-18)17-28-21-9-12-27-13-10-21/h4-8,11,14,21H,9-10,12-13,15-17H2,1-3H3,(H,23,24). The second kappa shape index (κ2) is 10.3. The molecule has 1 N–H and O–H groups in total. The minimum atomic E-state index is 0.320. The zero-order chi connectivity index (χ0) is 19.8. The molecule has 1 aromatic carbocycles. The largest absolute Gasteiger partial charge is 0.381 e. The van der Waals surface area contributed by atoms with E-state index in [1.54, 1.807) is 0 Å². The van der Waals surface area contributed by atoms with Crippen molar-refractivity contribution in [3.8, 4) is 0 Å². The van der Waals surface area contributed by atoms with Gasteiger partial charge >= 0.3 is 0 Å². The van der Waals surface area contributed by atoms with Crippen molar-refractivity contribution in [1.82, 2.24) is 14.8 Å². The number of ether oxygens (including phenoxy) is 2. The van der Waals surface area contributed by atoms with E-state index in [0.717, 1.165) is 45.1 Å². The summed E-state index contributed by atoms with van der Waals surface area (Å²) >= 11 is 0. The van der Waals surface area contributed by atoms with Gasteiger partial charge in [0.25, 0.3) is 0 Å². The summed E-state index contributed by atoms with van der Waals surface area (Å²) in [4.78, 5) is 6.55. The van der Waals surface area contributed by atoms with Gasteiger partial charge < -0.3 is 24.3 Å². The van der Waals surface area contributed by atoms with Crippen molar-refractivity contribution in [2.75, 3.05) is 27.3 Å². The third-order valence-corrected chi connectivity index (χ3v) is 5.12. The molecule has 0 amide bonds. The van der Waals surface area contributed by atoms with Gasteiger partial charge in [0.2, 0.25) is 0 Å². The van der Waals surface area contributed by atoms with E-state index in [4.69, 9.17) is 9.47 Å². The van der Waals surface area contributed by atoms with E-state index < -0.39 is 0 Å². The number of aromatic nitrogens is 1. The van der Waals surface area contributed by atoms with Crippen LogP contribution in [0.15, 0.2) is 47.6 Å². The van der Waals surface area contributed by atoms with Crippen molar-refractivity contribution in [2.24, 2.45) is 12.0 Å². The van der Waals surface area contributed by atoms with Crippen LogP contribution in [0, 0.1) is 0 Å². The summed E-state index contributed by atoms with van der Waals surface area (Å²) in [5.41, 5.74) is 3.68. The minimum Gasteiger partial charge on any atom is -0.381 e. The molecular formula is C22H32N4O2. The summed E-state index contributed by atoms with van der Waals surface area (Å²) < 4.78 is 13.6. The molecule has 0 spiro atoms. The highest BCUT2D eigenvalue weighted by Gasteiger charge is 2.14. The Hall–Kier alpha value is -2.31. The van der Waals surface area contributed by atoms with Crippen molar-refractivity contribution >= 4 is 5.96 Å². The summed E-state index contributed by atoms with van der Waals surface area (Å²) in [6.07, 6.45) is 4.36. The molecule has 1 aliphatic rings. The van der Waals surface area contributed by atoms with Crippen molar-refractivity contribution in [1.29, 1.82) is 0 Å². The highest BCUT2D eigenvalue weighted by molar-refractivity contribution is 5.79. The van der Waals surface area contributed by atoms with Crippen molar-refractivity contribution in [3.63, 3.8) is 0 Å². The summed E-state index contributed by atoms with van der Waals surface area (Å²) in [5, 5.41) is 3.46. The zero-order valence-corrected chi connectivity index (χ0v) is 17.2. The first-order chi connectivity index (χ1) is 13.7. The molecule has 28 heavy (non-hydrogen) atoms. The summed E-state index contributed by atoms with van der Waals surface area (Å²) in [6.45, 7) is 3.81. The monoisotopic (exact) mass is 384 g/mol. The first-order valence-corrected chi connectivity index (χ1v) is 9.95. The SMILES string of the molecule is CN=C(NCc1cccc(COC2CCOCC2)c1)N(C)Cc1cccn1C. The fraction of sp³-hybridized carbons (Fsp3) is 0.500. The second-order valence-electron chi connectivity index (χ2n) is 7.31. The predicted octanol–water partition coefficient (Wildman–Crippen LogP) is 2.93. The van der Waals surface area contributed by atoms with Crippen LogP contribution in [0.5, 0.6) is 0 Å². The lowest BCUT2D eigenvalue weighted by molar-refractivity contribution is -0.0390. The number of nitrogens with zero attached hydrogens (tertiary/aromatic N) is 3. The van der Waals surface area contributed by atoms with Crippen LogP contribution in [-0.2, 0) is 36.2 Å². The molecule has 0 bridgehead atoms. The molecule has 1 fully saturated rings. The topological polar surface area (TPSA) is 51.0 Å². The van der Waals surface area contributed by atoms with Crippen LogP contribution < -0.4 is 5.32 Å². The molecule has 3 rings (SSSR count). The Bertz CT molecular complexity index is 765. The van der Waals surface area contributed by atoms with Gasteiger partial charge in [-0.2, -0.15) is 0 Å². The summed E-state index contributed by atoms with van der Waals surface area (Å²) in [6, 6.07) is 12.8. The fourth-order valence-corrected chi connectivity index (χ4v) is 3.43. The predicted molar refractivity (Wildman–Crippen MR) is 112 cm³/mol.